The zero-order chi connectivity index (χ0) is 16.8. The van der Waals surface area contributed by atoms with Crippen LogP contribution >= 0.6 is 0 Å². The molecule has 7 heteroatoms. The van der Waals surface area contributed by atoms with Gasteiger partial charge in [-0.05, 0) is 38.2 Å². The maximum Gasteiger partial charge on any atom is 0.261 e. The lowest BCUT2D eigenvalue weighted by Gasteiger charge is -2.17. The SMILES string of the molecule is C=CCc1c(F)c(N2C(=O)C3=C(CCCC3)C2=O)cc2[nH]nnc12. The van der Waals surface area contributed by atoms with Gasteiger partial charge in [0.05, 0.1) is 11.2 Å². The van der Waals surface area contributed by atoms with E-state index in [0.717, 1.165) is 17.7 Å². The largest absolute Gasteiger partial charge is 0.269 e. The second kappa shape index (κ2) is 5.36. The summed E-state index contributed by atoms with van der Waals surface area (Å²) in [6.07, 6.45) is 4.68. The fourth-order valence-corrected chi connectivity index (χ4v) is 3.47. The number of aromatic nitrogens is 3. The molecule has 2 aliphatic rings. The zero-order valence-electron chi connectivity index (χ0n) is 12.9. The Morgan fingerprint density at radius 3 is 2.54 bits per heavy atom. The second-order valence-electron chi connectivity index (χ2n) is 6.00. The number of imide groups is 1. The fraction of sp³-hybridized carbons (Fsp3) is 0.294. The molecule has 0 radical (unpaired) electrons. The molecule has 0 saturated heterocycles. The molecule has 2 aromatic rings. The summed E-state index contributed by atoms with van der Waals surface area (Å²) in [5.74, 6) is -1.45. The zero-order valence-corrected chi connectivity index (χ0v) is 12.9. The number of rotatable bonds is 3. The number of carbonyl (C=O) groups excluding carboxylic acids is 2. The first-order valence-electron chi connectivity index (χ1n) is 7.87. The molecule has 1 aromatic carbocycles. The van der Waals surface area contributed by atoms with Crippen molar-refractivity contribution in [3.63, 3.8) is 0 Å². The van der Waals surface area contributed by atoms with Crippen LogP contribution in [0.1, 0.15) is 31.2 Å². The molecule has 4 rings (SSSR count). The van der Waals surface area contributed by atoms with Gasteiger partial charge in [0.25, 0.3) is 11.8 Å². The minimum absolute atomic E-state index is 0.0465. The monoisotopic (exact) mass is 326 g/mol. The van der Waals surface area contributed by atoms with Crippen LogP contribution in [0, 0.1) is 5.82 Å². The summed E-state index contributed by atoms with van der Waals surface area (Å²) in [6, 6.07) is 1.42. The summed E-state index contributed by atoms with van der Waals surface area (Å²) in [6.45, 7) is 3.62. The van der Waals surface area contributed by atoms with Crippen LogP contribution < -0.4 is 4.90 Å². The third kappa shape index (κ3) is 1.94. The molecule has 122 valence electrons. The molecule has 6 nitrogen and oxygen atoms in total. The smallest absolute Gasteiger partial charge is 0.261 e. The lowest BCUT2D eigenvalue weighted by molar-refractivity contribution is -0.120. The Kier molecular flexibility index (Phi) is 3.30. The minimum atomic E-state index is -0.627. The normalized spacial score (nSPS) is 17.8. The molecule has 0 saturated carbocycles. The summed E-state index contributed by atoms with van der Waals surface area (Å²) < 4.78 is 15.0. The number of fused-ring (bicyclic) bond motifs is 1. The van der Waals surface area contributed by atoms with E-state index in [1.807, 2.05) is 0 Å². The van der Waals surface area contributed by atoms with Gasteiger partial charge >= 0.3 is 0 Å². The highest BCUT2D eigenvalue weighted by atomic mass is 19.1. The van der Waals surface area contributed by atoms with E-state index >= 15 is 4.39 Å². The highest BCUT2D eigenvalue weighted by Gasteiger charge is 2.41. The molecule has 1 aliphatic carbocycles. The molecular weight excluding hydrogens is 311 g/mol. The molecule has 1 aromatic heterocycles. The van der Waals surface area contributed by atoms with Crippen molar-refractivity contribution in [3.05, 3.63) is 41.2 Å². The van der Waals surface area contributed by atoms with Gasteiger partial charge in [-0.25, -0.2) is 9.29 Å². The van der Waals surface area contributed by atoms with Crippen molar-refractivity contribution in [1.82, 2.24) is 15.4 Å². The molecule has 0 atom stereocenters. The van der Waals surface area contributed by atoms with E-state index < -0.39 is 17.6 Å². The number of allylic oxidation sites excluding steroid dienone is 1. The minimum Gasteiger partial charge on any atom is -0.269 e. The third-order valence-corrected chi connectivity index (χ3v) is 4.61. The molecule has 0 bridgehead atoms. The van der Waals surface area contributed by atoms with Gasteiger partial charge in [-0.15, -0.1) is 11.7 Å². The van der Waals surface area contributed by atoms with Crippen LogP contribution in [0.25, 0.3) is 11.0 Å². The van der Waals surface area contributed by atoms with Crippen molar-refractivity contribution in [2.45, 2.75) is 32.1 Å². The maximum absolute atomic E-state index is 15.0. The first-order valence-corrected chi connectivity index (χ1v) is 7.87. The van der Waals surface area contributed by atoms with E-state index in [9.17, 15) is 9.59 Å². The summed E-state index contributed by atoms with van der Waals surface area (Å²) in [5.41, 5.74) is 2.14. The number of nitrogens with zero attached hydrogens (tertiary/aromatic N) is 3. The number of benzene rings is 1. The predicted molar refractivity (Wildman–Crippen MR) is 85.7 cm³/mol. The predicted octanol–water partition coefficient (Wildman–Crippen LogP) is 2.57. The fourth-order valence-electron chi connectivity index (χ4n) is 3.47. The number of hydrogen-bond donors (Lipinski definition) is 1. The average Bonchev–Trinajstić information content (AvgIpc) is 3.15. The van der Waals surface area contributed by atoms with Crippen molar-refractivity contribution in [3.8, 4) is 0 Å². The number of hydrogen-bond acceptors (Lipinski definition) is 4. The van der Waals surface area contributed by atoms with E-state index in [-0.39, 0.29) is 17.7 Å². The first-order chi connectivity index (χ1) is 11.6. The number of halogens is 1. The van der Waals surface area contributed by atoms with Gasteiger partial charge in [0.15, 0.2) is 5.82 Å². The quantitative estimate of drug-likeness (QED) is 0.694. The lowest BCUT2D eigenvalue weighted by Crippen LogP contribution is -2.32. The average molecular weight is 326 g/mol. The third-order valence-electron chi connectivity index (χ3n) is 4.61. The van der Waals surface area contributed by atoms with E-state index in [4.69, 9.17) is 0 Å². The number of anilines is 1. The van der Waals surface area contributed by atoms with E-state index in [2.05, 4.69) is 22.0 Å². The van der Waals surface area contributed by atoms with Crippen LogP contribution in [-0.4, -0.2) is 27.2 Å². The topological polar surface area (TPSA) is 79.0 Å². The number of H-pyrrole nitrogens is 1. The Labute approximate surface area is 137 Å². The molecular formula is C17H15FN4O2. The number of aromatic amines is 1. The Balaban J connectivity index is 1.88. The second-order valence-corrected chi connectivity index (χ2v) is 6.00. The lowest BCUT2D eigenvalue weighted by atomic mass is 9.93. The first kappa shape index (κ1) is 14.7. The van der Waals surface area contributed by atoms with Gasteiger partial charge in [0, 0.05) is 16.7 Å². The van der Waals surface area contributed by atoms with Crippen LogP contribution in [-0.2, 0) is 16.0 Å². The van der Waals surface area contributed by atoms with Crippen LogP contribution in [0.3, 0.4) is 0 Å². The molecule has 2 amide bonds. The molecule has 1 N–H and O–H groups in total. The highest BCUT2D eigenvalue weighted by Crippen LogP contribution is 2.38. The summed E-state index contributed by atoms with van der Waals surface area (Å²) in [4.78, 5) is 26.3. The van der Waals surface area contributed by atoms with E-state index in [1.165, 1.54) is 6.07 Å². The number of nitrogens with one attached hydrogen (secondary N) is 1. The van der Waals surface area contributed by atoms with Gasteiger partial charge < -0.3 is 0 Å². The van der Waals surface area contributed by atoms with Gasteiger partial charge in [-0.3, -0.25) is 14.7 Å². The molecule has 2 heterocycles. The number of carbonyl (C=O) groups is 2. The molecule has 0 spiro atoms. The Morgan fingerprint density at radius 1 is 1.25 bits per heavy atom. The van der Waals surface area contributed by atoms with Gasteiger partial charge in [-0.1, -0.05) is 11.3 Å². The summed E-state index contributed by atoms with van der Waals surface area (Å²) in [7, 11) is 0. The molecule has 1 aliphatic heterocycles. The van der Waals surface area contributed by atoms with Gasteiger partial charge in [0.2, 0.25) is 0 Å². The van der Waals surface area contributed by atoms with E-state index in [1.54, 1.807) is 6.08 Å². The molecule has 24 heavy (non-hydrogen) atoms. The Morgan fingerprint density at radius 2 is 1.92 bits per heavy atom. The van der Waals surface area contributed by atoms with Crippen LogP contribution in [0.15, 0.2) is 29.9 Å². The summed E-state index contributed by atoms with van der Waals surface area (Å²) in [5, 5.41) is 10.2. The van der Waals surface area contributed by atoms with Crippen molar-refractivity contribution in [2.24, 2.45) is 0 Å². The van der Waals surface area contributed by atoms with Crippen LogP contribution in [0.5, 0.6) is 0 Å². The summed E-state index contributed by atoms with van der Waals surface area (Å²) >= 11 is 0. The Hall–Kier alpha value is -2.83. The maximum atomic E-state index is 15.0. The van der Waals surface area contributed by atoms with Crippen molar-refractivity contribution in [1.29, 1.82) is 0 Å². The van der Waals surface area contributed by atoms with Crippen LogP contribution in [0.4, 0.5) is 10.1 Å². The van der Waals surface area contributed by atoms with Gasteiger partial charge in [0.1, 0.15) is 5.52 Å². The van der Waals surface area contributed by atoms with E-state index in [0.29, 0.717) is 35.0 Å². The van der Waals surface area contributed by atoms with Crippen molar-refractivity contribution < 1.29 is 14.0 Å². The highest BCUT2D eigenvalue weighted by molar-refractivity contribution is 6.33. The molecule has 0 unspecified atom stereocenters. The number of amides is 2. The molecule has 0 fully saturated rings. The Bertz CT molecular complexity index is 900. The van der Waals surface area contributed by atoms with Gasteiger partial charge in [-0.2, -0.15) is 0 Å². The van der Waals surface area contributed by atoms with Crippen molar-refractivity contribution >= 4 is 28.5 Å². The standard InChI is InChI=1S/C17H15FN4O2/c1-2-5-11-14(18)13(8-12-15(11)20-21-19-12)22-16(23)9-6-3-4-7-10(9)17(22)24/h2,8H,1,3-7H2,(H,19,20,21). The van der Waals surface area contributed by atoms with Crippen molar-refractivity contribution in [2.75, 3.05) is 4.90 Å². The van der Waals surface area contributed by atoms with Crippen LogP contribution in [0.2, 0.25) is 0 Å².